The van der Waals surface area contributed by atoms with Crippen LogP contribution >= 0.6 is 0 Å². The van der Waals surface area contributed by atoms with Crippen LogP contribution in [0.3, 0.4) is 0 Å². The fourth-order valence-electron chi connectivity index (χ4n) is 6.06. The Morgan fingerprint density at radius 2 is 1.74 bits per heavy atom. The van der Waals surface area contributed by atoms with Crippen LogP contribution in [0, 0.1) is 26.2 Å². The van der Waals surface area contributed by atoms with Crippen LogP contribution < -0.4 is 14.8 Å². The number of ether oxygens (including phenoxy) is 1. The predicted molar refractivity (Wildman–Crippen MR) is 164 cm³/mol. The minimum absolute atomic E-state index is 0.155. The molecule has 5 rings (SSSR count). The molecule has 10 nitrogen and oxygen atoms in total. The molecule has 2 aliphatic rings. The van der Waals surface area contributed by atoms with Crippen molar-refractivity contribution in [1.29, 1.82) is 0 Å². The van der Waals surface area contributed by atoms with Crippen molar-refractivity contribution < 1.29 is 28.2 Å². The number of aliphatic hydroxyl groups is 1. The number of aromatic nitrogens is 2. The number of hydrogen-bond donors (Lipinski definition) is 4. The van der Waals surface area contributed by atoms with Crippen molar-refractivity contribution in [2.45, 2.75) is 89.3 Å². The van der Waals surface area contributed by atoms with E-state index >= 15 is 0 Å². The molecule has 2 aromatic carbocycles. The van der Waals surface area contributed by atoms with Crippen LogP contribution in [0.1, 0.15) is 73.0 Å². The Morgan fingerprint density at radius 1 is 1.09 bits per heavy atom. The van der Waals surface area contributed by atoms with Gasteiger partial charge >= 0.3 is 5.97 Å². The van der Waals surface area contributed by atoms with Crippen molar-refractivity contribution in [2.24, 2.45) is 5.41 Å². The van der Waals surface area contributed by atoms with Gasteiger partial charge in [-0.2, -0.15) is 4.98 Å². The maximum absolute atomic E-state index is 13.3. The highest BCUT2D eigenvalue weighted by molar-refractivity contribution is 7.92. The number of carboxylic acid groups (broad SMARTS) is 1. The number of carboxylic acids is 1. The fourth-order valence-corrected chi connectivity index (χ4v) is 7.05. The van der Waals surface area contributed by atoms with Gasteiger partial charge in [0.1, 0.15) is 6.61 Å². The van der Waals surface area contributed by atoms with Gasteiger partial charge in [0, 0.05) is 23.2 Å². The van der Waals surface area contributed by atoms with Crippen LogP contribution in [0.5, 0.6) is 5.88 Å². The SMILES string of the molecule is Cc1cccc(C)c1-c1nc(NS(=O)(=O)c2cccc(C(=O)O)c2)nc(OC[C@@H](CC(C)(C)O)NC2CC3(CC3)C2)c1C. The number of nitrogens with zero attached hydrogens (tertiary/aromatic N) is 2. The van der Waals surface area contributed by atoms with E-state index in [-0.39, 0.29) is 34.9 Å². The summed E-state index contributed by atoms with van der Waals surface area (Å²) in [4.78, 5) is 20.3. The van der Waals surface area contributed by atoms with Gasteiger partial charge in [0.2, 0.25) is 11.8 Å². The molecule has 2 saturated carbocycles. The number of aromatic carboxylic acids is 1. The highest BCUT2D eigenvalue weighted by Crippen LogP contribution is 2.60. The normalized spacial score (nSPS) is 16.9. The van der Waals surface area contributed by atoms with E-state index in [1.54, 1.807) is 13.8 Å². The molecule has 0 unspecified atom stereocenters. The van der Waals surface area contributed by atoms with E-state index < -0.39 is 21.6 Å². The van der Waals surface area contributed by atoms with Gasteiger partial charge in [-0.15, -0.1) is 0 Å². The van der Waals surface area contributed by atoms with Crippen LogP contribution in [-0.2, 0) is 10.0 Å². The third kappa shape index (κ3) is 7.17. The van der Waals surface area contributed by atoms with E-state index in [1.165, 1.54) is 31.0 Å². The van der Waals surface area contributed by atoms with Gasteiger partial charge in [-0.05, 0) is 101 Å². The second-order valence-corrected chi connectivity index (χ2v) is 14.5. The highest BCUT2D eigenvalue weighted by Gasteiger charge is 2.53. The molecule has 1 atom stereocenters. The molecule has 0 aliphatic heterocycles. The Morgan fingerprint density at radius 3 is 2.35 bits per heavy atom. The van der Waals surface area contributed by atoms with Crippen LogP contribution in [-0.4, -0.2) is 58.9 Å². The monoisotopic (exact) mass is 608 g/mol. The smallest absolute Gasteiger partial charge is 0.335 e. The Labute approximate surface area is 253 Å². The number of rotatable bonds is 12. The zero-order valence-electron chi connectivity index (χ0n) is 25.3. The maximum atomic E-state index is 13.3. The Bertz CT molecular complexity index is 1620. The van der Waals surface area contributed by atoms with E-state index in [0.29, 0.717) is 29.1 Å². The molecular weight excluding hydrogens is 568 g/mol. The first-order chi connectivity index (χ1) is 20.1. The van der Waals surface area contributed by atoms with Crippen molar-refractivity contribution >= 4 is 21.9 Å². The number of benzene rings is 2. The molecule has 3 aromatic rings. The van der Waals surface area contributed by atoms with Gasteiger partial charge < -0.3 is 20.3 Å². The fraction of sp³-hybridized carbons (Fsp3) is 0.469. The van der Waals surface area contributed by atoms with Gasteiger partial charge in [-0.25, -0.2) is 22.9 Å². The summed E-state index contributed by atoms with van der Waals surface area (Å²) < 4.78 is 35.4. The lowest BCUT2D eigenvalue weighted by atomic mass is 9.76. The molecule has 1 aromatic heterocycles. The van der Waals surface area contributed by atoms with Gasteiger partial charge in [0.05, 0.1) is 21.8 Å². The molecule has 2 aliphatic carbocycles. The van der Waals surface area contributed by atoms with Gasteiger partial charge in [-0.1, -0.05) is 24.3 Å². The minimum atomic E-state index is -4.23. The molecule has 230 valence electrons. The van der Waals surface area contributed by atoms with E-state index in [4.69, 9.17) is 4.74 Å². The van der Waals surface area contributed by atoms with Crippen LogP contribution in [0.4, 0.5) is 5.95 Å². The summed E-state index contributed by atoms with van der Waals surface area (Å²) in [5, 5.41) is 23.6. The third-order valence-electron chi connectivity index (χ3n) is 8.39. The van der Waals surface area contributed by atoms with E-state index in [0.717, 1.165) is 35.6 Å². The Balaban J connectivity index is 1.47. The molecule has 4 N–H and O–H groups in total. The van der Waals surface area contributed by atoms with E-state index in [1.807, 2.05) is 39.0 Å². The van der Waals surface area contributed by atoms with Crippen molar-refractivity contribution in [3.05, 3.63) is 64.7 Å². The predicted octanol–water partition coefficient (Wildman–Crippen LogP) is 5.01. The highest BCUT2D eigenvalue weighted by atomic mass is 32.2. The summed E-state index contributed by atoms with van der Waals surface area (Å²) >= 11 is 0. The first-order valence-electron chi connectivity index (χ1n) is 14.6. The second kappa shape index (κ2) is 11.5. The van der Waals surface area contributed by atoms with Gasteiger partial charge in [0.25, 0.3) is 10.0 Å². The molecule has 11 heteroatoms. The molecule has 0 amide bonds. The summed E-state index contributed by atoms with van der Waals surface area (Å²) in [7, 11) is -4.23. The van der Waals surface area contributed by atoms with Crippen LogP contribution in [0.25, 0.3) is 11.3 Å². The Kier molecular flexibility index (Phi) is 8.28. The van der Waals surface area contributed by atoms with E-state index in [9.17, 15) is 23.4 Å². The Hall–Kier alpha value is -3.54. The number of anilines is 1. The summed E-state index contributed by atoms with van der Waals surface area (Å²) in [5.41, 5.74) is 3.38. The quantitative estimate of drug-likeness (QED) is 0.222. The summed E-state index contributed by atoms with van der Waals surface area (Å²) in [6.07, 6.45) is 5.31. The van der Waals surface area contributed by atoms with Gasteiger partial charge in [-0.3, -0.25) is 0 Å². The molecule has 0 saturated heterocycles. The molecule has 43 heavy (non-hydrogen) atoms. The number of nitrogens with one attached hydrogen (secondary N) is 2. The zero-order chi connectivity index (χ0) is 31.2. The van der Waals surface area contributed by atoms with Crippen LogP contribution in [0.15, 0.2) is 47.4 Å². The lowest BCUT2D eigenvalue weighted by molar-refractivity contribution is 0.0429. The first-order valence-corrected chi connectivity index (χ1v) is 16.1. The first kappa shape index (κ1) is 30.9. The average molecular weight is 609 g/mol. The third-order valence-corrected chi connectivity index (χ3v) is 9.72. The van der Waals surface area contributed by atoms with Crippen molar-refractivity contribution in [3.8, 4) is 17.1 Å². The molecule has 2 fully saturated rings. The van der Waals surface area contributed by atoms with Crippen molar-refractivity contribution in [2.75, 3.05) is 11.3 Å². The van der Waals surface area contributed by atoms with Gasteiger partial charge in [0.15, 0.2) is 0 Å². The molecule has 1 heterocycles. The molecule has 0 radical (unpaired) electrons. The summed E-state index contributed by atoms with van der Waals surface area (Å²) in [5.74, 6) is -1.21. The van der Waals surface area contributed by atoms with Crippen molar-refractivity contribution in [3.63, 3.8) is 0 Å². The number of sulfonamides is 1. The molecule has 1 spiro atoms. The number of aryl methyl sites for hydroxylation is 2. The second-order valence-electron chi connectivity index (χ2n) is 12.8. The lowest BCUT2D eigenvalue weighted by Gasteiger charge is -2.40. The summed E-state index contributed by atoms with van der Waals surface area (Å²) in [6, 6.07) is 11.2. The van der Waals surface area contributed by atoms with E-state index in [2.05, 4.69) is 20.0 Å². The number of hydrogen-bond acceptors (Lipinski definition) is 8. The minimum Gasteiger partial charge on any atom is -0.478 e. The largest absolute Gasteiger partial charge is 0.478 e. The number of carbonyl (C=O) groups is 1. The topological polar surface area (TPSA) is 151 Å². The van der Waals surface area contributed by atoms with Crippen molar-refractivity contribution in [1.82, 2.24) is 15.3 Å². The summed E-state index contributed by atoms with van der Waals surface area (Å²) in [6.45, 7) is 9.51. The standard InChI is InChI=1S/C32H40N4O6S/c1-19-8-6-9-20(2)26(19)27-21(3)28(42-18-24(15-31(4,5)39)33-23-16-32(17-23)12-13-32)35-30(34-27)36-43(40,41)25-11-7-10-22(14-25)29(37)38/h6-11,14,23-24,33,39H,12-13,15-18H2,1-5H3,(H,37,38)(H,34,35,36)/t24-/m1/s1. The zero-order valence-corrected chi connectivity index (χ0v) is 26.1. The molecular formula is C32H40N4O6S. The average Bonchev–Trinajstić information content (AvgIpc) is 3.69. The van der Waals surface area contributed by atoms with Crippen LogP contribution in [0.2, 0.25) is 0 Å². The maximum Gasteiger partial charge on any atom is 0.335 e. The lowest BCUT2D eigenvalue weighted by Crippen LogP contribution is -2.51. The molecule has 0 bridgehead atoms.